The average molecular weight is 472 g/mol. The predicted octanol–water partition coefficient (Wildman–Crippen LogP) is 3.91. The molecule has 8 nitrogen and oxygen atoms in total. The van der Waals surface area contributed by atoms with Crippen LogP contribution in [-0.4, -0.2) is 36.3 Å². The van der Waals surface area contributed by atoms with E-state index in [0.717, 1.165) is 11.3 Å². The minimum Gasteiger partial charge on any atom is -0.408 e. The van der Waals surface area contributed by atoms with Crippen molar-refractivity contribution in [3.8, 4) is 0 Å². The number of fused-ring (bicyclic) bond motifs is 1. The highest BCUT2D eigenvalue weighted by molar-refractivity contribution is 7.89. The number of piperidine rings is 1. The van der Waals surface area contributed by atoms with Crippen molar-refractivity contribution in [3.63, 3.8) is 0 Å². The summed E-state index contributed by atoms with van der Waals surface area (Å²) in [5.41, 5.74) is 2.73. The van der Waals surface area contributed by atoms with Crippen molar-refractivity contribution in [2.45, 2.75) is 51.0 Å². The standard InChI is InChI=1S/C24H29N3O5S/c1-16(2)27-21-9-8-20(15-22(21)32-24(27)29)33(30,31)26-12-10-18(11-13-26)14-23(28)25-19-6-4-17(3)5-7-19/h4-9,15-16,18H,10-14H2,1-3H3,(H,25,28). The molecule has 0 saturated carbocycles. The van der Waals surface area contributed by atoms with Crippen molar-refractivity contribution >= 4 is 32.7 Å². The van der Waals surface area contributed by atoms with Crippen LogP contribution in [0.15, 0.2) is 56.6 Å². The molecule has 0 radical (unpaired) electrons. The molecule has 2 aromatic carbocycles. The summed E-state index contributed by atoms with van der Waals surface area (Å²) < 4.78 is 34.6. The van der Waals surface area contributed by atoms with Gasteiger partial charge in [0.05, 0.1) is 10.4 Å². The molecule has 4 rings (SSSR count). The fourth-order valence-electron chi connectivity index (χ4n) is 4.28. The van der Waals surface area contributed by atoms with E-state index in [1.807, 2.05) is 45.0 Å². The summed E-state index contributed by atoms with van der Waals surface area (Å²) in [5, 5.41) is 2.91. The number of oxazole rings is 1. The highest BCUT2D eigenvalue weighted by Crippen LogP contribution is 2.28. The smallest absolute Gasteiger partial charge is 0.408 e. The largest absolute Gasteiger partial charge is 0.420 e. The monoisotopic (exact) mass is 471 g/mol. The third-order valence-corrected chi connectivity index (χ3v) is 8.02. The molecule has 9 heteroatoms. The number of benzene rings is 2. The summed E-state index contributed by atoms with van der Waals surface area (Å²) in [6.45, 7) is 6.42. The molecule has 0 unspecified atom stereocenters. The molecule has 1 aliphatic rings. The van der Waals surface area contributed by atoms with Crippen LogP contribution in [0.3, 0.4) is 0 Å². The highest BCUT2D eigenvalue weighted by Gasteiger charge is 2.31. The summed E-state index contributed by atoms with van der Waals surface area (Å²) in [6.07, 6.45) is 1.59. The molecule has 0 bridgehead atoms. The summed E-state index contributed by atoms with van der Waals surface area (Å²) in [4.78, 5) is 24.6. The first kappa shape index (κ1) is 23.3. The lowest BCUT2D eigenvalue weighted by Crippen LogP contribution is -2.39. The number of amides is 1. The third kappa shape index (κ3) is 4.89. The number of nitrogens with one attached hydrogen (secondary N) is 1. The van der Waals surface area contributed by atoms with Gasteiger partial charge in [0, 0.05) is 37.3 Å². The van der Waals surface area contributed by atoms with Gasteiger partial charge in [-0.3, -0.25) is 9.36 Å². The van der Waals surface area contributed by atoms with Gasteiger partial charge in [0.2, 0.25) is 15.9 Å². The second-order valence-corrected chi connectivity index (χ2v) is 10.9. The number of nitrogens with zero attached hydrogens (tertiary/aromatic N) is 2. The summed E-state index contributed by atoms with van der Waals surface area (Å²) in [7, 11) is -3.72. The van der Waals surface area contributed by atoms with Crippen LogP contribution >= 0.6 is 0 Å². The van der Waals surface area contributed by atoms with E-state index in [1.54, 1.807) is 6.07 Å². The molecule has 1 aromatic heterocycles. The molecule has 2 heterocycles. The van der Waals surface area contributed by atoms with Crippen LogP contribution in [0.5, 0.6) is 0 Å². The van der Waals surface area contributed by atoms with Gasteiger partial charge in [-0.2, -0.15) is 4.31 Å². The Bertz CT molecular complexity index is 1310. The second kappa shape index (κ2) is 9.15. The van der Waals surface area contributed by atoms with Gasteiger partial charge in [-0.15, -0.1) is 0 Å². The lowest BCUT2D eigenvalue weighted by atomic mass is 9.94. The maximum Gasteiger partial charge on any atom is 0.420 e. The van der Waals surface area contributed by atoms with E-state index in [0.29, 0.717) is 37.9 Å². The number of aryl methyl sites for hydroxylation is 1. The first-order valence-electron chi connectivity index (χ1n) is 11.2. The normalized spacial score (nSPS) is 15.9. The topological polar surface area (TPSA) is 102 Å². The van der Waals surface area contributed by atoms with Crippen molar-refractivity contribution < 1.29 is 17.6 Å². The molecule has 1 amide bonds. The summed E-state index contributed by atoms with van der Waals surface area (Å²) in [5.74, 6) is -0.433. The maximum absolute atomic E-state index is 13.2. The molecule has 1 fully saturated rings. The van der Waals surface area contributed by atoms with Gasteiger partial charge in [-0.25, -0.2) is 13.2 Å². The average Bonchev–Trinajstić information content (AvgIpc) is 3.10. The fourth-order valence-corrected chi connectivity index (χ4v) is 5.77. The van der Waals surface area contributed by atoms with E-state index < -0.39 is 15.8 Å². The first-order valence-corrected chi connectivity index (χ1v) is 12.6. The van der Waals surface area contributed by atoms with Gasteiger partial charge in [-0.1, -0.05) is 17.7 Å². The zero-order chi connectivity index (χ0) is 23.8. The number of hydrogen-bond donors (Lipinski definition) is 1. The molecule has 1 N–H and O–H groups in total. The van der Waals surface area contributed by atoms with Crippen molar-refractivity contribution in [1.29, 1.82) is 0 Å². The molecular weight excluding hydrogens is 442 g/mol. The molecule has 1 aliphatic heterocycles. The molecule has 0 atom stereocenters. The maximum atomic E-state index is 13.2. The van der Waals surface area contributed by atoms with E-state index in [1.165, 1.54) is 21.0 Å². The Morgan fingerprint density at radius 1 is 1.12 bits per heavy atom. The van der Waals surface area contributed by atoms with E-state index in [4.69, 9.17) is 4.42 Å². The van der Waals surface area contributed by atoms with E-state index >= 15 is 0 Å². The van der Waals surface area contributed by atoms with Crippen LogP contribution in [-0.2, 0) is 14.8 Å². The minimum absolute atomic E-state index is 0.0599. The SMILES string of the molecule is Cc1ccc(NC(=O)CC2CCN(S(=O)(=O)c3ccc4c(c3)oc(=O)n4C(C)C)CC2)cc1. The number of carbonyl (C=O) groups excluding carboxylic acids is 1. The molecule has 1 saturated heterocycles. The Labute approximate surface area is 193 Å². The van der Waals surface area contributed by atoms with Crippen LogP contribution < -0.4 is 11.1 Å². The Balaban J connectivity index is 1.40. The van der Waals surface area contributed by atoms with Gasteiger partial charge >= 0.3 is 5.76 Å². The van der Waals surface area contributed by atoms with Gasteiger partial charge in [-0.05, 0) is 63.8 Å². The number of hydrogen-bond acceptors (Lipinski definition) is 5. The third-order valence-electron chi connectivity index (χ3n) is 6.12. The molecule has 0 aliphatic carbocycles. The lowest BCUT2D eigenvalue weighted by molar-refractivity contribution is -0.117. The molecule has 176 valence electrons. The van der Waals surface area contributed by atoms with Crippen LogP contribution in [0.1, 0.15) is 44.7 Å². The quantitative estimate of drug-likeness (QED) is 0.587. The Kier molecular flexibility index (Phi) is 6.45. The lowest BCUT2D eigenvalue weighted by Gasteiger charge is -2.31. The van der Waals surface area contributed by atoms with Crippen molar-refractivity contribution in [2.75, 3.05) is 18.4 Å². The summed E-state index contributed by atoms with van der Waals surface area (Å²) >= 11 is 0. The highest BCUT2D eigenvalue weighted by atomic mass is 32.2. The van der Waals surface area contributed by atoms with Crippen LogP contribution in [0, 0.1) is 12.8 Å². The van der Waals surface area contributed by atoms with Gasteiger partial charge in [0.15, 0.2) is 5.58 Å². The Morgan fingerprint density at radius 3 is 2.42 bits per heavy atom. The Morgan fingerprint density at radius 2 is 1.79 bits per heavy atom. The number of rotatable bonds is 6. The predicted molar refractivity (Wildman–Crippen MR) is 127 cm³/mol. The van der Waals surface area contributed by atoms with E-state index in [9.17, 15) is 18.0 Å². The zero-order valence-electron chi connectivity index (χ0n) is 19.1. The molecule has 0 spiro atoms. The molecular formula is C24H29N3O5S. The van der Waals surface area contributed by atoms with Crippen LogP contribution in [0.2, 0.25) is 0 Å². The van der Waals surface area contributed by atoms with E-state index in [-0.39, 0.29) is 28.3 Å². The Hall–Kier alpha value is -2.91. The second-order valence-electron chi connectivity index (χ2n) is 8.93. The number of sulfonamides is 1. The molecule has 33 heavy (non-hydrogen) atoms. The number of aromatic nitrogens is 1. The summed E-state index contributed by atoms with van der Waals surface area (Å²) in [6, 6.07) is 12.1. The molecule has 3 aromatic rings. The van der Waals surface area contributed by atoms with Crippen molar-refractivity contribution in [3.05, 3.63) is 58.6 Å². The van der Waals surface area contributed by atoms with Gasteiger partial charge in [0.25, 0.3) is 0 Å². The van der Waals surface area contributed by atoms with Crippen LogP contribution in [0.25, 0.3) is 11.1 Å². The van der Waals surface area contributed by atoms with E-state index in [2.05, 4.69) is 5.32 Å². The first-order chi connectivity index (χ1) is 15.6. The fraction of sp³-hybridized carbons (Fsp3) is 0.417. The van der Waals surface area contributed by atoms with Gasteiger partial charge < -0.3 is 9.73 Å². The van der Waals surface area contributed by atoms with Crippen LogP contribution in [0.4, 0.5) is 5.69 Å². The van der Waals surface area contributed by atoms with Crippen molar-refractivity contribution in [2.24, 2.45) is 5.92 Å². The van der Waals surface area contributed by atoms with Gasteiger partial charge in [0.1, 0.15) is 0 Å². The zero-order valence-corrected chi connectivity index (χ0v) is 19.9. The number of anilines is 1. The number of carbonyl (C=O) groups is 1. The minimum atomic E-state index is -3.72. The van der Waals surface area contributed by atoms with Crippen molar-refractivity contribution in [1.82, 2.24) is 8.87 Å².